The molecule has 2 N–H and O–H groups in total. The molecule has 0 aliphatic rings. The molecule has 4 aromatic rings. The van der Waals surface area contributed by atoms with Crippen molar-refractivity contribution in [1.29, 1.82) is 0 Å². The van der Waals surface area contributed by atoms with Gasteiger partial charge >= 0.3 is 0 Å². The van der Waals surface area contributed by atoms with Gasteiger partial charge in [0, 0.05) is 22.1 Å². The van der Waals surface area contributed by atoms with Gasteiger partial charge in [-0.2, -0.15) is 9.36 Å². The van der Waals surface area contributed by atoms with Crippen molar-refractivity contribution in [1.82, 2.24) is 9.36 Å². The molecule has 3 aromatic carbocycles. The first-order valence-electron chi connectivity index (χ1n) is 10.7. The van der Waals surface area contributed by atoms with Crippen LogP contribution in [0.4, 0.5) is 15.2 Å². The Hall–Kier alpha value is -3.21. The fourth-order valence-electron chi connectivity index (χ4n) is 3.15. The van der Waals surface area contributed by atoms with Gasteiger partial charge in [0.2, 0.25) is 16.2 Å². The van der Waals surface area contributed by atoms with Crippen molar-refractivity contribution in [3.05, 3.63) is 95.8 Å². The lowest BCUT2D eigenvalue weighted by Gasteiger charge is -2.16. The molecular weight excluding hydrogens is 504 g/mol. The number of anilines is 2. The lowest BCUT2D eigenvalue weighted by atomic mass is 10.1. The Morgan fingerprint density at radius 2 is 1.77 bits per heavy atom. The zero-order valence-corrected chi connectivity index (χ0v) is 21.1. The van der Waals surface area contributed by atoms with E-state index in [0.29, 0.717) is 16.0 Å². The smallest absolute Gasteiger partial charge is 0.258 e. The van der Waals surface area contributed by atoms with Crippen LogP contribution in [0.15, 0.2) is 88.9 Å². The molecule has 35 heavy (non-hydrogen) atoms. The maximum atomic E-state index is 14.0. The Kier molecular flexibility index (Phi) is 8.51. The van der Waals surface area contributed by atoms with Crippen LogP contribution in [0.1, 0.15) is 28.1 Å². The second-order valence-electron chi connectivity index (χ2n) is 7.17. The average molecular weight is 525 g/mol. The number of aromatic nitrogens is 2. The average Bonchev–Trinajstić information content (AvgIpc) is 3.30. The van der Waals surface area contributed by atoms with Crippen molar-refractivity contribution >= 4 is 57.7 Å². The molecule has 0 aliphatic carbocycles. The van der Waals surface area contributed by atoms with Gasteiger partial charge in [-0.05, 0) is 41.6 Å². The Morgan fingerprint density at radius 3 is 2.54 bits per heavy atom. The van der Waals surface area contributed by atoms with Gasteiger partial charge in [-0.15, -0.1) is 11.8 Å². The lowest BCUT2D eigenvalue weighted by Crippen LogP contribution is -2.19. The normalized spacial score (nSPS) is 11.6. The van der Waals surface area contributed by atoms with E-state index in [4.69, 9.17) is 0 Å². The molecule has 1 unspecified atom stereocenters. The first-order chi connectivity index (χ1) is 17.0. The lowest BCUT2D eigenvalue weighted by molar-refractivity contribution is -0.115. The van der Waals surface area contributed by atoms with Crippen LogP contribution in [0.3, 0.4) is 0 Å². The molecule has 10 heteroatoms. The fraction of sp³-hybridized carbons (Fsp3) is 0.120. The van der Waals surface area contributed by atoms with Gasteiger partial charge in [-0.3, -0.25) is 14.9 Å². The maximum absolute atomic E-state index is 14.0. The summed E-state index contributed by atoms with van der Waals surface area (Å²) < 4.78 is 18.2. The molecular formula is C25H21FN4O2S3. The molecule has 2 amide bonds. The van der Waals surface area contributed by atoms with Gasteiger partial charge in [0.15, 0.2) is 0 Å². The van der Waals surface area contributed by atoms with Crippen LogP contribution in [0.5, 0.6) is 0 Å². The van der Waals surface area contributed by atoms with E-state index in [-0.39, 0.29) is 11.5 Å². The molecule has 6 nitrogen and oxygen atoms in total. The van der Waals surface area contributed by atoms with E-state index in [1.54, 1.807) is 24.3 Å². The zero-order valence-electron chi connectivity index (χ0n) is 18.6. The number of nitrogens with one attached hydrogen (secondary N) is 2. The van der Waals surface area contributed by atoms with E-state index in [0.717, 1.165) is 27.7 Å². The fourth-order valence-corrected chi connectivity index (χ4v) is 5.50. The van der Waals surface area contributed by atoms with Crippen LogP contribution in [0, 0.1) is 5.82 Å². The summed E-state index contributed by atoms with van der Waals surface area (Å²) >= 11 is 3.99. The standard InChI is InChI=1S/C25H21FN4O2S3/c1-2-33-25-29-24(35-30-25)28-23(32)21(16-9-4-3-5-10-16)34-18-12-8-11-17(15-18)27-22(31)19-13-6-7-14-20(19)26/h3-15,21H,2H2,1H3,(H,27,31)(H,28,29,30,32). The number of thioether (sulfide) groups is 2. The number of benzene rings is 3. The molecule has 0 radical (unpaired) electrons. The van der Waals surface area contributed by atoms with Gasteiger partial charge in [0.1, 0.15) is 11.1 Å². The second-order valence-corrected chi connectivity index (χ2v) is 10.3. The summed E-state index contributed by atoms with van der Waals surface area (Å²) in [5, 5.41) is 6.11. The number of carbonyl (C=O) groups is 2. The molecule has 0 spiro atoms. The molecule has 0 saturated heterocycles. The molecule has 1 heterocycles. The van der Waals surface area contributed by atoms with E-state index < -0.39 is 17.0 Å². The quantitative estimate of drug-likeness (QED) is 0.243. The highest BCUT2D eigenvalue weighted by atomic mass is 32.2. The van der Waals surface area contributed by atoms with Gasteiger partial charge in [-0.25, -0.2) is 4.39 Å². The molecule has 0 fully saturated rings. The van der Waals surface area contributed by atoms with Crippen LogP contribution in [0.2, 0.25) is 0 Å². The third-order valence-corrected chi connectivity index (χ3v) is 7.44. The van der Waals surface area contributed by atoms with Crippen LogP contribution in [0.25, 0.3) is 0 Å². The van der Waals surface area contributed by atoms with E-state index in [9.17, 15) is 14.0 Å². The number of nitrogens with zero attached hydrogens (tertiary/aromatic N) is 2. The minimum atomic E-state index is -0.589. The van der Waals surface area contributed by atoms with Crippen LogP contribution in [-0.2, 0) is 4.79 Å². The van der Waals surface area contributed by atoms with Crippen molar-refractivity contribution in [2.75, 3.05) is 16.4 Å². The van der Waals surface area contributed by atoms with Crippen molar-refractivity contribution in [3.8, 4) is 0 Å². The number of hydrogen-bond acceptors (Lipinski definition) is 7. The second kappa shape index (κ2) is 12.0. The summed E-state index contributed by atoms with van der Waals surface area (Å²) in [5.41, 5.74) is 1.29. The minimum Gasteiger partial charge on any atom is -0.322 e. The van der Waals surface area contributed by atoms with Gasteiger partial charge < -0.3 is 5.32 Å². The summed E-state index contributed by atoms with van der Waals surface area (Å²) in [4.78, 5) is 30.9. The molecule has 178 valence electrons. The molecule has 0 bridgehead atoms. The SMILES string of the molecule is CCSc1nsc(NC(=O)C(Sc2cccc(NC(=O)c3ccccc3F)c2)c2ccccc2)n1. The largest absolute Gasteiger partial charge is 0.322 e. The predicted octanol–water partition coefficient (Wildman–Crippen LogP) is 6.51. The van der Waals surface area contributed by atoms with Crippen molar-refractivity contribution < 1.29 is 14.0 Å². The van der Waals surface area contributed by atoms with Gasteiger partial charge in [-0.1, -0.05) is 67.2 Å². The topological polar surface area (TPSA) is 84.0 Å². The third-order valence-electron chi connectivity index (χ3n) is 4.72. The van der Waals surface area contributed by atoms with E-state index in [2.05, 4.69) is 20.0 Å². The first kappa shape index (κ1) is 24.9. The van der Waals surface area contributed by atoms with E-state index in [1.165, 1.54) is 41.7 Å². The highest BCUT2D eigenvalue weighted by molar-refractivity contribution is 8.00. The van der Waals surface area contributed by atoms with Crippen molar-refractivity contribution in [3.63, 3.8) is 0 Å². The predicted molar refractivity (Wildman–Crippen MR) is 141 cm³/mol. The number of carbonyl (C=O) groups excluding carboxylic acids is 2. The highest BCUT2D eigenvalue weighted by Crippen LogP contribution is 2.37. The van der Waals surface area contributed by atoms with Crippen LogP contribution in [-0.4, -0.2) is 26.9 Å². The Balaban J connectivity index is 1.52. The highest BCUT2D eigenvalue weighted by Gasteiger charge is 2.24. The first-order valence-corrected chi connectivity index (χ1v) is 13.3. The maximum Gasteiger partial charge on any atom is 0.258 e. The zero-order chi connectivity index (χ0) is 24.6. The van der Waals surface area contributed by atoms with Crippen molar-refractivity contribution in [2.24, 2.45) is 0 Å². The Bertz CT molecular complexity index is 1320. The number of halogens is 1. The molecule has 0 aliphatic heterocycles. The number of hydrogen-bond donors (Lipinski definition) is 2. The Morgan fingerprint density at radius 1 is 1.00 bits per heavy atom. The van der Waals surface area contributed by atoms with Crippen molar-refractivity contribution in [2.45, 2.75) is 22.2 Å². The summed E-state index contributed by atoms with van der Waals surface area (Å²) in [7, 11) is 0. The van der Waals surface area contributed by atoms with E-state index in [1.807, 2.05) is 43.3 Å². The molecule has 1 aromatic heterocycles. The number of amides is 2. The monoisotopic (exact) mass is 524 g/mol. The summed E-state index contributed by atoms with van der Waals surface area (Å²) in [5.74, 6) is -0.518. The van der Waals surface area contributed by atoms with Gasteiger partial charge in [0.25, 0.3) is 5.91 Å². The third kappa shape index (κ3) is 6.68. The van der Waals surface area contributed by atoms with E-state index >= 15 is 0 Å². The summed E-state index contributed by atoms with van der Waals surface area (Å²) in [6.45, 7) is 2.01. The molecule has 4 rings (SSSR count). The minimum absolute atomic E-state index is 0.0373. The Labute approximate surface area is 214 Å². The summed E-state index contributed by atoms with van der Waals surface area (Å²) in [6.07, 6.45) is 0. The van der Waals surface area contributed by atoms with Crippen LogP contribution < -0.4 is 10.6 Å². The van der Waals surface area contributed by atoms with Gasteiger partial charge in [0.05, 0.1) is 5.56 Å². The number of rotatable bonds is 9. The summed E-state index contributed by atoms with van der Waals surface area (Å²) in [6, 6.07) is 22.3. The molecule has 0 saturated carbocycles. The molecule has 1 atom stereocenters. The van der Waals surface area contributed by atoms with Crippen LogP contribution >= 0.6 is 35.1 Å².